The van der Waals surface area contributed by atoms with Crippen LogP contribution in [0.2, 0.25) is 0 Å². The van der Waals surface area contributed by atoms with E-state index in [1.807, 2.05) is 32.8 Å². The molecule has 0 saturated carbocycles. The van der Waals surface area contributed by atoms with Crippen LogP contribution in [0.4, 0.5) is 0 Å². The fourth-order valence-electron chi connectivity index (χ4n) is 7.76. The molecule has 0 rings (SSSR count). The molecule has 0 aromatic rings. The highest BCUT2D eigenvalue weighted by Crippen LogP contribution is 2.49. The van der Waals surface area contributed by atoms with E-state index in [0.29, 0.717) is 26.0 Å². The second-order valence-electron chi connectivity index (χ2n) is 17.8. The first-order valence-corrected chi connectivity index (χ1v) is 21.7. The number of esters is 4. The van der Waals surface area contributed by atoms with E-state index in [0.717, 1.165) is 25.7 Å². The molecule has 318 valence electrons. The van der Waals surface area contributed by atoms with E-state index in [2.05, 4.69) is 6.92 Å². The van der Waals surface area contributed by atoms with Crippen molar-refractivity contribution in [2.75, 3.05) is 47.6 Å². The van der Waals surface area contributed by atoms with Gasteiger partial charge in [-0.2, -0.15) is 0 Å². The summed E-state index contributed by atoms with van der Waals surface area (Å²) in [5.41, 5.74) is -4.56. The molecule has 3 atom stereocenters. The Bertz CT molecular complexity index is 1040. The Balaban J connectivity index is 5.31. The highest BCUT2D eigenvalue weighted by Gasteiger charge is 2.53. The van der Waals surface area contributed by atoms with Crippen LogP contribution in [0.5, 0.6) is 0 Å². The number of hydrogen-bond donors (Lipinski definition) is 0. The van der Waals surface area contributed by atoms with Crippen LogP contribution < -0.4 is 0 Å². The van der Waals surface area contributed by atoms with Crippen molar-refractivity contribution in [1.82, 2.24) is 4.90 Å². The normalized spacial score (nSPS) is 15.2. The summed E-state index contributed by atoms with van der Waals surface area (Å²) in [7, 11) is 5.12. The van der Waals surface area contributed by atoms with Crippen molar-refractivity contribution in [2.45, 2.75) is 197 Å². The summed E-state index contributed by atoms with van der Waals surface area (Å²) in [6, 6.07) is 0. The Morgan fingerprint density at radius 2 is 0.815 bits per heavy atom. The lowest BCUT2D eigenvalue weighted by atomic mass is 9.61. The Kier molecular flexibility index (Phi) is 27.1. The van der Waals surface area contributed by atoms with Crippen LogP contribution in [-0.4, -0.2) is 76.3 Å². The van der Waals surface area contributed by atoms with Crippen LogP contribution in [0.1, 0.15) is 197 Å². The van der Waals surface area contributed by atoms with Gasteiger partial charge in [-0.1, -0.05) is 124 Å². The lowest BCUT2D eigenvalue weighted by Crippen LogP contribution is -2.47. The number of likely N-dealkylation sites (N-methyl/N-ethyl adjacent to an activating group) is 1. The SMILES string of the molecule is CCCCCCCCCCCCCCCCCCOC(=O)C(C)(C)CC(C)(CC(C)(CC(C)(CC)C(=O)OCCN(C)C)C(=O)OC)C(=O)OCCCC. The number of ether oxygens (including phenoxy) is 4. The third kappa shape index (κ3) is 21.2. The average Bonchev–Trinajstić information content (AvgIpc) is 3.11. The number of methoxy groups -OCH3 is 1. The average molecular weight is 768 g/mol. The third-order valence-electron chi connectivity index (χ3n) is 11.1. The van der Waals surface area contributed by atoms with Gasteiger partial charge in [0.25, 0.3) is 0 Å². The highest BCUT2D eigenvalue weighted by molar-refractivity contribution is 5.84. The van der Waals surface area contributed by atoms with E-state index in [9.17, 15) is 19.2 Å². The van der Waals surface area contributed by atoms with E-state index in [1.54, 1.807) is 34.6 Å². The van der Waals surface area contributed by atoms with Crippen LogP contribution in [0, 0.1) is 21.7 Å². The van der Waals surface area contributed by atoms with Crippen molar-refractivity contribution in [1.29, 1.82) is 0 Å². The predicted molar refractivity (Wildman–Crippen MR) is 220 cm³/mol. The van der Waals surface area contributed by atoms with Crippen LogP contribution in [0.15, 0.2) is 0 Å². The van der Waals surface area contributed by atoms with Gasteiger partial charge in [0.1, 0.15) is 6.61 Å². The molecular weight excluding hydrogens is 682 g/mol. The molecule has 9 nitrogen and oxygen atoms in total. The Morgan fingerprint density at radius 3 is 1.26 bits per heavy atom. The molecule has 0 heterocycles. The van der Waals surface area contributed by atoms with Crippen molar-refractivity contribution in [3.63, 3.8) is 0 Å². The first-order chi connectivity index (χ1) is 25.5. The van der Waals surface area contributed by atoms with Gasteiger partial charge in [-0.05, 0) is 87.2 Å². The Hall–Kier alpha value is -2.16. The summed E-state index contributed by atoms with van der Waals surface area (Å²) >= 11 is 0. The zero-order chi connectivity index (χ0) is 41.1. The first kappa shape index (κ1) is 51.8. The third-order valence-corrected chi connectivity index (χ3v) is 11.1. The molecule has 0 aromatic carbocycles. The fraction of sp³-hybridized carbons (Fsp3) is 0.911. The molecule has 0 radical (unpaired) electrons. The number of hydrogen-bond acceptors (Lipinski definition) is 9. The zero-order valence-corrected chi connectivity index (χ0v) is 37.1. The molecule has 0 aromatic heterocycles. The minimum absolute atomic E-state index is 0.0219. The number of nitrogens with zero attached hydrogens (tertiary/aromatic N) is 1. The summed E-state index contributed by atoms with van der Waals surface area (Å²) in [6.07, 6.45) is 22.6. The number of rotatable bonds is 34. The van der Waals surface area contributed by atoms with Crippen molar-refractivity contribution >= 4 is 23.9 Å². The lowest BCUT2D eigenvalue weighted by molar-refractivity contribution is -0.171. The molecule has 0 spiro atoms. The standard InChI is InChI=1S/C45H85NO8/c1-12-15-17-18-19-20-21-22-23-24-25-26-27-28-29-30-33-52-38(47)42(4,5)35-44(7,41(50)53-32-16-13-2)37-45(8,39(48)51-11)36-43(6,14-3)40(49)54-34-31-46(9)10/h12-37H2,1-11H3. The molecule has 0 bridgehead atoms. The predicted octanol–water partition coefficient (Wildman–Crippen LogP) is 11.0. The molecule has 3 unspecified atom stereocenters. The number of unbranched alkanes of at least 4 members (excludes halogenated alkanes) is 16. The summed E-state index contributed by atoms with van der Waals surface area (Å²) in [4.78, 5) is 56.3. The topological polar surface area (TPSA) is 108 Å². The maximum absolute atomic E-state index is 13.9. The van der Waals surface area contributed by atoms with Crippen LogP contribution in [0.25, 0.3) is 0 Å². The van der Waals surface area contributed by atoms with Crippen molar-refractivity contribution in [2.24, 2.45) is 21.7 Å². The summed E-state index contributed by atoms with van der Waals surface area (Å²) in [6.45, 7) is 16.4. The van der Waals surface area contributed by atoms with Crippen molar-refractivity contribution in [3.05, 3.63) is 0 Å². The number of carbonyl (C=O) groups is 4. The highest BCUT2D eigenvalue weighted by atomic mass is 16.5. The maximum atomic E-state index is 13.9. The van der Waals surface area contributed by atoms with E-state index >= 15 is 0 Å². The maximum Gasteiger partial charge on any atom is 0.311 e. The van der Waals surface area contributed by atoms with Gasteiger partial charge in [0.05, 0.1) is 42.0 Å². The van der Waals surface area contributed by atoms with E-state index in [-0.39, 0.29) is 38.4 Å². The molecule has 0 aliphatic heterocycles. The van der Waals surface area contributed by atoms with E-state index in [4.69, 9.17) is 18.9 Å². The fourth-order valence-corrected chi connectivity index (χ4v) is 7.76. The Morgan fingerprint density at radius 1 is 0.444 bits per heavy atom. The number of carbonyl (C=O) groups excluding carboxylic acids is 4. The van der Waals surface area contributed by atoms with Gasteiger partial charge in [-0.15, -0.1) is 0 Å². The van der Waals surface area contributed by atoms with Gasteiger partial charge < -0.3 is 23.8 Å². The lowest BCUT2D eigenvalue weighted by Gasteiger charge is -2.42. The molecule has 0 fully saturated rings. The van der Waals surface area contributed by atoms with E-state index < -0.39 is 39.6 Å². The summed E-state index contributed by atoms with van der Waals surface area (Å²) in [5.74, 6) is -1.78. The largest absolute Gasteiger partial charge is 0.469 e. The molecule has 0 amide bonds. The zero-order valence-electron chi connectivity index (χ0n) is 37.1. The molecule has 9 heteroatoms. The van der Waals surface area contributed by atoms with Crippen LogP contribution >= 0.6 is 0 Å². The van der Waals surface area contributed by atoms with Crippen molar-refractivity contribution < 1.29 is 38.1 Å². The van der Waals surface area contributed by atoms with Crippen molar-refractivity contribution in [3.8, 4) is 0 Å². The summed E-state index contributed by atoms with van der Waals surface area (Å²) < 4.78 is 22.5. The molecule has 0 aliphatic carbocycles. The summed E-state index contributed by atoms with van der Waals surface area (Å²) in [5, 5.41) is 0. The quantitative estimate of drug-likeness (QED) is 0.0359. The minimum Gasteiger partial charge on any atom is -0.469 e. The monoisotopic (exact) mass is 768 g/mol. The van der Waals surface area contributed by atoms with Gasteiger partial charge in [-0.25, -0.2) is 0 Å². The second-order valence-corrected chi connectivity index (χ2v) is 17.8. The second kappa shape index (κ2) is 28.3. The smallest absolute Gasteiger partial charge is 0.311 e. The van der Waals surface area contributed by atoms with Gasteiger partial charge in [0.15, 0.2) is 0 Å². The van der Waals surface area contributed by atoms with E-state index in [1.165, 1.54) is 90.6 Å². The first-order valence-electron chi connectivity index (χ1n) is 21.7. The molecule has 0 N–H and O–H groups in total. The Labute approximate surface area is 332 Å². The molecule has 54 heavy (non-hydrogen) atoms. The molecular formula is C45H85NO8. The van der Waals surface area contributed by atoms with Gasteiger partial charge in [0.2, 0.25) is 0 Å². The molecule has 0 aliphatic rings. The van der Waals surface area contributed by atoms with Gasteiger partial charge in [0, 0.05) is 6.54 Å². The van der Waals surface area contributed by atoms with Gasteiger partial charge in [-0.3, -0.25) is 19.2 Å². The van der Waals surface area contributed by atoms with Gasteiger partial charge >= 0.3 is 23.9 Å². The minimum atomic E-state index is -1.26. The molecule has 0 saturated heterocycles. The van der Waals surface area contributed by atoms with Crippen LogP contribution in [-0.2, 0) is 38.1 Å². The van der Waals surface area contributed by atoms with Crippen LogP contribution in [0.3, 0.4) is 0 Å².